The molecule has 3 aromatic carbocycles. The molecule has 3 atom stereocenters. The number of halogens is 2. The molecule has 1 saturated heterocycles. The standard InChI is InChI=1S/C31H29AsCl2N2O5S/c1-19-8-12-22(13-9-19)42(40,41)28-7-2-3-16-36(28)31(39)32-23(30(37)38)18-20-10-14-26-21(17-20)11-15-27(35-26)29-24(33)5-4-6-25(29)34/h4-6,8-15,17,23,28,32H,2-3,7,16,18H2,1H3,(H,37,38)/t23?,28-/m0/s1. The second kappa shape index (κ2) is 12.8. The monoisotopic (exact) mass is 686 g/mol. The number of carboxylic acids is 1. The molecule has 0 spiro atoms. The van der Waals surface area contributed by atoms with Gasteiger partial charge in [-0.3, -0.25) is 0 Å². The van der Waals surface area contributed by atoms with Crippen molar-refractivity contribution in [2.75, 3.05) is 6.54 Å². The van der Waals surface area contributed by atoms with Crippen LogP contribution in [-0.2, 0) is 21.1 Å². The van der Waals surface area contributed by atoms with Crippen LogP contribution in [0, 0.1) is 6.92 Å². The van der Waals surface area contributed by atoms with Gasteiger partial charge in [-0.15, -0.1) is 0 Å². The van der Waals surface area contributed by atoms with Gasteiger partial charge in [0, 0.05) is 0 Å². The molecule has 0 saturated carbocycles. The van der Waals surface area contributed by atoms with Crippen LogP contribution in [0.5, 0.6) is 0 Å². The van der Waals surface area contributed by atoms with Crippen molar-refractivity contribution in [1.29, 1.82) is 0 Å². The van der Waals surface area contributed by atoms with Crippen molar-refractivity contribution < 1.29 is 23.1 Å². The summed E-state index contributed by atoms with van der Waals surface area (Å²) in [5.41, 5.74) is 3.67. The summed E-state index contributed by atoms with van der Waals surface area (Å²) in [4.78, 5) is 32.1. The molecule has 7 nitrogen and oxygen atoms in total. The van der Waals surface area contributed by atoms with E-state index in [2.05, 4.69) is 0 Å². The maximum absolute atomic E-state index is 13.5. The number of carboxylic acid groups (broad SMARTS) is 1. The minimum atomic E-state index is -3.79. The quantitative estimate of drug-likeness (QED) is 0.205. The zero-order valence-electron chi connectivity index (χ0n) is 22.8. The molecule has 1 aliphatic heterocycles. The maximum atomic E-state index is 13.5. The van der Waals surface area contributed by atoms with Gasteiger partial charge in [0.05, 0.1) is 0 Å². The van der Waals surface area contributed by atoms with Crippen LogP contribution in [0.3, 0.4) is 0 Å². The van der Waals surface area contributed by atoms with Crippen LogP contribution in [-0.4, -0.2) is 61.7 Å². The number of fused-ring (bicyclic) bond motifs is 1. The summed E-state index contributed by atoms with van der Waals surface area (Å²) in [6.45, 7) is 2.19. The van der Waals surface area contributed by atoms with E-state index in [4.69, 9.17) is 28.2 Å². The Kier molecular flexibility index (Phi) is 9.28. The van der Waals surface area contributed by atoms with Gasteiger partial charge in [0.25, 0.3) is 0 Å². The van der Waals surface area contributed by atoms with Crippen molar-refractivity contribution in [3.63, 3.8) is 0 Å². The van der Waals surface area contributed by atoms with Gasteiger partial charge in [-0.1, -0.05) is 0 Å². The van der Waals surface area contributed by atoms with Gasteiger partial charge in [-0.2, -0.15) is 0 Å². The minimum absolute atomic E-state index is 0.165. The molecule has 4 aromatic rings. The second-order valence-electron chi connectivity index (χ2n) is 10.4. The van der Waals surface area contributed by atoms with Crippen LogP contribution in [0.4, 0.5) is 4.79 Å². The molecule has 42 heavy (non-hydrogen) atoms. The number of carbonyl (C=O) groups excluding carboxylic acids is 1. The number of amides is 1. The second-order valence-corrected chi connectivity index (χ2v) is 16.3. The summed E-state index contributed by atoms with van der Waals surface area (Å²) in [6, 6.07) is 21.1. The van der Waals surface area contributed by atoms with Crippen molar-refractivity contribution in [2.45, 2.75) is 47.6 Å². The molecule has 11 heteroatoms. The van der Waals surface area contributed by atoms with Gasteiger partial charge in [0.15, 0.2) is 0 Å². The number of sulfone groups is 1. The number of hydrogen-bond acceptors (Lipinski definition) is 5. The van der Waals surface area contributed by atoms with Crippen LogP contribution in [0.25, 0.3) is 22.2 Å². The molecule has 2 unspecified atom stereocenters. The van der Waals surface area contributed by atoms with Crippen LogP contribution in [0.1, 0.15) is 30.4 Å². The molecule has 0 aliphatic carbocycles. The summed E-state index contributed by atoms with van der Waals surface area (Å²) in [7, 11) is -3.79. The SMILES string of the molecule is Cc1ccc(S(=O)(=O)[C@H]2CCCCN2C(=O)[AsH]C(Cc2ccc3nc(-c4c(Cl)cccc4Cl)ccc3c2)C(=O)O)cc1. The normalized spacial score (nSPS) is 16.6. The number of pyridine rings is 1. The number of aliphatic carboxylic acids is 1. The van der Waals surface area contributed by atoms with E-state index in [1.807, 2.05) is 37.3 Å². The van der Waals surface area contributed by atoms with Crippen molar-refractivity contribution in [3.05, 3.63) is 94.0 Å². The van der Waals surface area contributed by atoms with Crippen LogP contribution >= 0.6 is 23.2 Å². The third-order valence-corrected chi connectivity index (χ3v) is 13.0. The van der Waals surface area contributed by atoms with Gasteiger partial charge < -0.3 is 0 Å². The molecule has 2 heterocycles. The van der Waals surface area contributed by atoms with Crippen LogP contribution < -0.4 is 0 Å². The van der Waals surface area contributed by atoms with E-state index in [0.29, 0.717) is 52.6 Å². The average Bonchev–Trinajstić information content (AvgIpc) is 2.97. The van der Waals surface area contributed by atoms with Crippen LogP contribution in [0.15, 0.2) is 77.7 Å². The fourth-order valence-corrected chi connectivity index (χ4v) is 10.3. The molecule has 218 valence electrons. The summed E-state index contributed by atoms with van der Waals surface area (Å²) < 4.78 is 25.7. The van der Waals surface area contributed by atoms with Gasteiger partial charge in [0.1, 0.15) is 0 Å². The van der Waals surface area contributed by atoms with E-state index in [1.54, 1.807) is 42.5 Å². The first-order valence-corrected chi connectivity index (χ1v) is 18.1. The van der Waals surface area contributed by atoms with E-state index in [-0.39, 0.29) is 16.0 Å². The Hall–Kier alpha value is -2.90. The Morgan fingerprint density at radius 1 is 1.02 bits per heavy atom. The average molecular weight is 687 g/mol. The number of hydrogen-bond donors (Lipinski definition) is 1. The molecular weight excluding hydrogens is 658 g/mol. The first-order valence-electron chi connectivity index (χ1n) is 13.5. The fourth-order valence-electron chi connectivity index (χ4n) is 5.19. The number of aromatic nitrogens is 1. The summed E-state index contributed by atoms with van der Waals surface area (Å²) in [5.74, 6) is -1.06. The number of nitrogens with zero attached hydrogens (tertiary/aromatic N) is 2. The molecule has 1 N–H and O–H groups in total. The Balaban J connectivity index is 1.34. The van der Waals surface area contributed by atoms with Crippen molar-refractivity contribution in [2.24, 2.45) is 0 Å². The predicted octanol–water partition coefficient (Wildman–Crippen LogP) is 6.78. The van der Waals surface area contributed by atoms with E-state index < -0.39 is 41.6 Å². The van der Waals surface area contributed by atoms with Crippen LogP contribution in [0.2, 0.25) is 14.8 Å². The van der Waals surface area contributed by atoms with Crippen molar-refractivity contribution >= 4 is 70.4 Å². The molecule has 0 bridgehead atoms. The fraction of sp³-hybridized carbons (Fsp3) is 0.258. The van der Waals surface area contributed by atoms with E-state index in [0.717, 1.165) is 16.5 Å². The Bertz CT molecular complexity index is 1750. The number of carbonyl (C=O) groups is 2. The molecule has 1 aliphatic rings. The van der Waals surface area contributed by atoms with Gasteiger partial charge >= 0.3 is 263 Å². The zero-order valence-corrected chi connectivity index (χ0v) is 27.2. The number of likely N-dealkylation sites (tertiary alicyclic amines) is 1. The van der Waals surface area contributed by atoms with E-state index >= 15 is 0 Å². The van der Waals surface area contributed by atoms with E-state index in [9.17, 15) is 23.1 Å². The molecule has 1 aromatic heterocycles. The summed E-state index contributed by atoms with van der Waals surface area (Å²) in [6.07, 6.45) is 1.88. The molecule has 5 rings (SSSR count). The summed E-state index contributed by atoms with van der Waals surface area (Å²) in [5, 5.41) is 10.9. The zero-order chi connectivity index (χ0) is 30.0. The van der Waals surface area contributed by atoms with Gasteiger partial charge in [0.2, 0.25) is 0 Å². The molecular formula is C31H29AsCl2N2O5S. The number of aryl methyl sites for hydroxylation is 1. The predicted molar refractivity (Wildman–Crippen MR) is 168 cm³/mol. The van der Waals surface area contributed by atoms with Gasteiger partial charge in [-0.05, 0) is 0 Å². The summed E-state index contributed by atoms with van der Waals surface area (Å²) >= 11 is 11.0. The van der Waals surface area contributed by atoms with Crippen molar-refractivity contribution in [1.82, 2.24) is 9.88 Å². The number of rotatable bonds is 8. The first kappa shape index (κ1) is 30.6. The third-order valence-electron chi connectivity index (χ3n) is 7.42. The number of piperidine rings is 1. The Morgan fingerprint density at radius 3 is 2.43 bits per heavy atom. The van der Waals surface area contributed by atoms with E-state index in [1.165, 1.54) is 4.90 Å². The van der Waals surface area contributed by atoms with Crippen molar-refractivity contribution in [3.8, 4) is 11.3 Å². The molecule has 1 amide bonds. The number of benzene rings is 3. The molecule has 0 radical (unpaired) electrons. The third kappa shape index (κ3) is 6.52. The Labute approximate surface area is 261 Å². The van der Waals surface area contributed by atoms with Gasteiger partial charge in [-0.25, -0.2) is 0 Å². The molecule has 1 fully saturated rings. The Morgan fingerprint density at radius 2 is 1.74 bits per heavy atom. The first-order chi connectivity index (χ1) is 20.0. The topological polar surface area (TPSA) is 105 Å².